The Morgan fingerprint density at radius 1 is 1.46 bits per heavy atom. The van der Waals surface area contributed by atoms with Crippen LogP contribution in [-0.4, -0.2) is 42.4 Å². The minimum absolute atomic E-state index is 0. The van der Waals surface area contributed by atoms with Gasteiger partial charge in [0.05, 0.1) is 5.52 Å². The van der Waals surface area contributed by atoms with Gasteiger partial charge < -0.3 is 10.1 Å². The molecule has 0 aliphatic carbocycles. The highest BCUT2D eigenvalue weighted by molar-refractivity contribution is 6.01. The monoisotopic (exact) mass is 351 g/mol. The van der Waals surface area contributed by atoms with Crippen molar-refractivity contribution in [3.63, 3.8) is 0 Å². The van der Waals surface area contributed by atoms with E-state index in [9.17, 15) is 4.79 Å². The van der Waals surface area contributed by atoms with Crippen molar-refractivity contribution in [3.8, 4) is 0 Å². The second kappa shape index (κ2) is 8.60. The van der Waals surface area contributed by atoms with E-state index in [0.29, 0.717) is 18.9 Å². The smallest absolute Gasteiger partial charge is 0.163 e. The van der Waals surface area contributed by atoms with E-state index >= 15 is 0 Å². The Morgan fingerprint density at radius 2 is 2.29 bits per heavy atom. The molecule has 1 saturated heterocycles. The number of halogens is 1. The molecule has 1 fully saturated rings. The lowest BCUT2D eigenvalue weighted by molar-refractivity contribution is 0.0963. The number of nitrogens with one attached hydrogen (secondary N) is 1. The first-order chi connectivity index (χ1) is 11.2. The van der Waals surface area contributed by atoms with Crippen LogP contribution in [0.3, 0.4) is 0 Å². The highest BCUT2D eigenvalue weighted by atomic mass is 35.5. The number of ketones is 1. The number of carbonyl (C=O) groups is 1. The summed E-state index contributed by atoms with van der Waals surface area (Å²) in [6.45, 7) is 5.76. The zero-order valence-corrected chi connectivity index (χ0v) is 15.2. The third-order valence-corrected chi connectivity index (χ3v) is 4.67. The number of ether oxygens (including phenoxy) is 1. The average molecular weight is 352 g/mol. The van der Waals surface area contributed by atoms with Crippen LogP contribution < -0.4 is 5.32 Å². The number of benzene rings is 1. The lowest BCUT2D eigenvalue weighted by atomic mass is 9.99. The van der Waals surface area contributed by atoms with Gasteiger partial charge in [-0.1, -0.05) is 0 Å². The molecule has 0 unspecified atom stereocenters. The van der Waals surface area contributed by atoms with Crippen molar-refractivity contribution in [1.82, 2.24) is 15.1 Å². The highest BCUT2D eigenvalue weighted by Crippen LogP contribution is 2.23. The molecule has 5 nitrogen and oxygen atoms in total. The average Bonchev–Trinajstić information content (AvgIpc) is 3.18. The molecule has 1 atom stereocenters. The van der Waals surface area contributed by atoms with Gasteiger partial charge in [0.1, 0.15) is 0 Å². The predicted octanol–water partition coefficient (Wildman–Crippen LogP) is 2.99. The van der Waals surface area contributed by atoms with Crippen molar-refractivity contribution in [1.29, 1.82) is 0 Å². The summed E-state index contributed by atoms with van der Waals surface area (Å²) < 4.78 is 7.06. The number of hydrogen-bond acceptors (Lipinski definition) is 4. The third-order valence-electron chi connectivity index (χ3n) is 4.67. The number of hydrogen-bond donors (Lipinski definition) is 1. The largest absolute Gasteiger partial charge is 0.385 e. The Hall–Kier alpha value is -1.43. The van der Waals surface area contributed by atoms with Gasteiger partial charge in [0.25, 0.3) is 0 Å². The minimum atomic E-state index is 0. The summed E-state index contributed by atoms with van der Waals surface area (Å²) in [5.41, 5.74) is 2.83. The molecule has 132 valence electrons. The first-order valence-corrected chi connectivity index (χ1v) is 8.38. The molecule has 1 aromatic heterocycles. The summed E-state index contributed by atoms with van der Waals surface area (Å²) >= 11 is 0. The van der Waals surface area contributed by atoms with Gasteiger partial charge in [-0.3, -0.25) is 9.48 Å². The summed E-state index contributed by atoms with van der Waals surface area (Å²) in [5.74, 6) is 0.842. The van der Waals surface area contributed by atoms with E-state index in [2.05, 4.69) is 16.6 Å². The van der Waals surface area contributed by atoms with Crippen LogP contribution in [0.5, 0.6) is 0 Å². The van der Waals surface area contributed by atoms with E-state index in [1.54, 1.807) is 7.11 Å². The number of nitrogens with zero attached hydrogens (tertiary/aromatic N) is 2. The molecule has 0 radical (unpaired) electrons. The normalized spacial score (nSPS) is 17.2. The molecule has 6 heteroatoms. The Bertz CT molecular complexity index is 693. The fourth-order valence-electron chi connectivity index (χ4n) is 3.32. The fraction of sp³-hybridized carbons (Fsp3) is 0.556. The molecule has 1 aliphatic heterocycles. The highest BCUT2D eigenvalue weighted by Gasteiger charge is 2.17. The summed E-state index contributed by atoms with van der Waals surface area (Å²) in [7, 11) is 1.66. The molecular weight excluding hydrogens is 326 g/mol. The van der Waals surface area contributed by atoms with Crippen LogP contribution in [0.15, 0.2) is 18.3 Å². The van der Waals surface area contributed by atoms with Crippen molar-refractivity contribution in [2.75, 3.05) is 26.8 Å². The Kier molecular flexibility index (Phi) is 6.78. The number of carbonyl (C=O) groups excluding carboxylic acids is 1. The molecule has 2 aromatic rings. The van der Waals surface area contributed by atoms with Crippen LogP contribution in [0.2, 0.25) is 0 Å². The van der Waals surface area contributed by atoms with E-state index in [-0.39, 0.29) is 18.2 Å². The SMILES string of the molecule is COCCCC(=O)c1ccc2nn(C[C@H]3CCNC3)cc2c1C.Cl. The number of aryl methyl sites for hydroxylation is 1. The van der Waals surface area contributed by atoms with E-state index < -0.39 is 0 Å². The second-order valence-corrected chi connectivity index (χ2v) is 6.40. The lowest BCUT2D eigenvalue weighted by Crippen LogP contribution is -2.14. The Labute approximate surface area is 149 Å². The van der Waals surface area contributed by atoms with Crippen molar-refractivity contribution < 1.29 is 9.53 Å². The van der Waals surface area contributed by atoms with E-state index in [1.807, 2.05) is 23.7 Å². The third kappa shape index (κ3) is 4.15. The van der Waals surface area contributed by atoms with E-state index in [1.165, 1.54) is 6.42 Å². The van der Waals surface area contributed by atoms with Gasteiger partial charge in [-0.15, -0.1) is 12.4 Å². The van der Waals surface area contributed by atoms with Crippen molar-refractivity contribution in [2.45, 2.75) is 32.7 Å². The molecule has 1 N–H and O–H groups in total. The van der Waals surface area contributed by atoms with Gasteiger partial charge >= 0.3 is 0 Å². The lowest BCUT2D eigenvalue weighted by Gasteiger charge is -2.07. The van der Waals surface area contributed by atoms with Gasteiger partial charge in [0, 0.05) is 43.8 Å². The maximum Gasteiger partial charge on any atom is 0.163 e. The van der Waals surface area contributed by atoms with Gasteiger partial charge in [-0.05, 0) is 56.5 Å². The van der Waals surface area contributed by atoms with Crippen molar-refractivity contribution >= 4 is 29.1 Å². The molecule has 2 heterocycles. The van der Waals surface area contributed by atoms with Gasteiger partial charge in [-0.25, -0.2) is 0 Å². The zero-order valence-electron chi connectivity index (χ0n) is 14.4. The quantitative estimate of drug-likeness (QED) is 0.615. The Balaban J connectivity index is 0.00000208. The zero-order chi connectivity index (χ0) is 16.2. The van der Waals surface area contributed by atoms with Gasteiger partial charge in [0.15, 0.2) is 5.78 Å². The van der Waals surface area contributed by atoms with Crippen LogP contribution in [0.4, 0.5) is 0 Å². The molecule has 3 rings (SSSR count). The van der Waals surface area contributed by atoms with Gasteiger partial charge in [-0.2, -0.15) is 5.10 Å². The first kappa shape index (κ1) is 18.9. The van der Waals surface area contributed by atoms with Crippen LogP contribution in [0.1, 0.15) is 35.2 Å². The standard InChI is InChI=1S/C18H25N3O2.ClH/c1-13-15(18(22)4-3-9-23-2)5-6-17-16(13)12-21(20-17)11-14-7-8-19-10-14;/h5-6,12,14,19H,3-4,7-11H2,1-2H3;1H/t14-;/m0./s1. The van der Waals surface area contributed by atoms with E-state index in [0.717, 1.165) is 48.1 Å². The van der Waals surface area contributed by atoms with Crippen LogP contribution in [0.25, 0.3) is 10.9 Å². The van der Waals surface area contributed by atoms with Crippen LogP contribution >= 0.6 is 12.4 Å². The molecule has 0 saturated carbocycles. The molecule has 1 aliphatic rings. The second-order valence-electron chi connectivity index (χ2n) is 6.40. The predicted molar refractivity (Wildman–Crippen MR) is 98.1 cm³/mol. The Morgan fingerprint density at radius 3 is 3.00 bits per heavy atom. The molecule has 0 spiro atoms. The van der Waals surface area contributed by atoms with Crippen molar-refractivity contribution in [3.05, 3.63) is 29.5 Å². The van der Waals surface area contributed by atoms with Crippen LogP contribution in [-0.2, 0) is 11.3 Å². The van der Waals surface area contributed by atoms with Crippen molar-refractivity contribution in [2.24, 2.45) is 5.92 Å². The molecule has 24 heavy (non-hydrogen) atoms. The number of fused-ring (bicyclic) bond motifs is 1. The summed E-state index contributed by atoms with van der Waals surface area (Å²) in [6, 6.07) is 3.89. The topological polar surface area (TPSA) is 56.1 Å². The summed E-state index contributed by atoms with van der Waals surface area (Å²) in [4.78, 5) is 12.4. The summed E-state index contributed by atoms with van der Waals surface area (Å²) in [5, 5.41) is 9.15. The molecule has 1 aromatic carbocycles. The fourth-order valence-corrected chi connectivity index (χ4v) is 3.32. The van der Waals surface area contributed by atoms with Gasteiger partial charge in [0.2, 0.25) is 0 Å². The number of aromatic nitrogens is 2. The molecule has 0 amide bonds. The maximum atomic E-state index is 12.4. The molecule has 0 bridgehead atoms. The first-order valence-electron chi connectivity index (χ1n) is 8.38. The maximum absolute atomic E-state index is 12.4. The van der Waals surface area contributed by atoms with Crippen LogP contribution in [0, 0.1) is 12.8 Å². The molecular formula is C18H26ClN3O2. The summed E-state index contributed by atoms with van der Waals surface area (Å²) in [6.07, 6.45) is 4.59. The number of Topliss-reactive ketones (excluding diaryl/α,β-unsaturated/α-hetero) is 1. The van der Waals surface area contributed by atoms with E-state index in [4.69, 9.17) is 4.74 Å². The minimum Gasteiger partial charge on any atom is -0.385 e. The number of methoxy groups -OCH3 is 1. The number of rotatable bonds is 7.